The van der Waals surface area contributed by atoms with Gasteiger partial charge in [0.25, 0.3) is 0 Å². The summed E-state index contributed by atoms with van der Waals surface area (Å²) in [5, 5.41) is 3.14. The quantitative estimate of drug-likeness (QED) is 0.676. The number of nitrogens with one attached hydrogen (secondary N) is 1. The molecule has 0 aromatic rings. The normalized spacial score (nSPS) is 18.3. The van der Waals surface area contributed by atoms with Crippen molar-refractivity contribution < 1.29 is 4.79 Å². The Bertz CT molecular complexity index is 190. The van der Waals surface area contributed by atoms with Crippen LogP contribution in [-0.4, -0.2) is 18.5 Å². The fraction of sp³-hybridized carbons (Fsp3) is 0.917. The Morgan fingerprint density at radius 1 is 1.53 bits per heavy atom. The number of nitrogens with two attached hydrogens (primary N) is 1. The minimum absolute atomic E-state index is 0.130. The van der Waals surface area contributed by atoms with Crippen LogP contribution in [0.4, 0.5) is 0 Å². The molecular formula is C12H24N2O. The molecule has 3 nitrogen and oxygen atoms in total. The zero-order valence-corrected chi connectivity index (χ0v) is 9.80. The molecule has 0 saturated heterocycles. The molecule has 1 amide bonds. The molecule has 0 radical (unpaired) electrons. The first-order valence-corrected chi connectivity index (χ1v) is 6.27. The summed E-state index contributed by atoms with van der Waals surface area (Å²) in [5.74, 6) is 0.865. The van der Waals surface area contributed by atoms with E-state index in [0.29, 0.717) is 19.0 Å². The van der Waals surface area contributed by atoms with E-state index in [2.05, 4.69) is 12.2 Å². The van der Waals surface area contributed by atoms with Crippen molar-refractivity contribution in [1.29, 1.82) is 0 Å². The smallest absolute Gasteiger partial charge is 0.221 e. The van der Waals surface area contributed by atoms with Crippen molar-refractivity contribution in [3.63, 3.8) is 0 Å². The summed E-state index contributed by atoms with van der Waals surface area (Å²) in [6, 6.07) is 0.415. The van der Waals surface area contributed by atoms with Crippen molar-refractivity contribution in [3.05, 3.63) is 0 Å². The summed E-state index contributed by atoms with van der Waals surface area (Å²) in [4.78, 5) is 11.5. The van der Waals surface area contributed by atoms with E-state index < -0.39 is 0 Å². The Morgan fingerprint density at radius 3 is 2.73 bits per heavy atom. The molecule has 15 heavy (non-hydrogen) atoms. The van der Waals surface area contributed by atoms with Crippen LogP contribution >= 0.6 is 0 Å². The fourth-order valence-electron chi connectivity index (χ4n) is 2.10. The van der Waals surface area contributed by atoms with Gasteiger partial charge in [0.1, 0.15) is 0 Å². The number of unbranched alkanes of at least 4 members (excludes halogenated alkanes) is 1. The lowest BCUT2D eigenvalue weighted by molar-refractivity contribution is -0.122. The standard InChI is InChI=1S/C12H24N2O/c1-2-3-7-11(10-5-4-6-10)14-12(15)8-9-13/h10-11H,2-9,13H2,1H3,(H,14,15)/t11-/m1/s1. The van der Waals surface area contributed by atoms with Crippen molar-refractivity contribution in [2.75, 3.05) is 6.54 Å². The maximum atomic E-state index is 11.5. The van der Waals surface area contributed by atoms with Crippen molar-refractivity contribution >= 4 is 5.91 Å². The summed E-state index contributed by atoms with van der Waals surface area (Å²) in [6.45, 7) is 2.65. The predicted molar refractivity (Wildman–Crippen MR) is 62.5 cm³/mol. The van der Waals surface area contributed by atoms with Crippen LogP contribution in [-0.2, 0) is 4.79 Å². The summed E-state index contributed by atoms with van der Waals surface area (Å²) in [6.07, 6.45) is 7.93. The summed E-state index contributed by atoms with van der Waals surface area (Å²) < 4.78 is 0. The van der Waals surface area contributed by atoms with E-state index >= 15 is 0 Å². The van der Waals surface area contributed by atoms with Crippen molar-refractivity contribution in [1.82, 2.24) is 5.32 Å². The molecule has 0 unspecified atom stereocenters. The third kappa shape index (κ3) is 4.20. The largest absolute Gasteiger partial charge is 0.353 e. The third-order valence-corrected chi connectivity index (χ3v) is 3.31. The Morgan fingerprint density at radius 2 is 2.27 bits per heavy atom. The van der Waals surface area contributed by atoms with E-state index in [9.17, 15) is 4.79 Å². The highest BCUT2D eigenvalue weighted by molar-refractivity contribution is 5.76. The number of hydrogen-bond acceptors (Lipinski definition) is 2. The van der Waals surface area contributed by atoms with Crippen molar-refractivity contribution in [2.24, 2.45) is 11.7 Å². The zero-order chi connectivity index (χ0) is 11.1. The van der Waals surface area contributed by atoms with Crippen LogP contribution in [0.1, 0.15) is 51.9 Å². The number of carbonyl (C=O) groups excluding carboxylic acids is 1. The van der Waals surface area contributed by atoms with Crippen molar-refractivity contribution in [3.8, 4) is 0 Å². The average molecular weight is 212 g/mol. The lowest BCUT2D eigenvalue weighted by Crippen LogP contribution is -2.43. The first-order chi connectivity index (χ1) is 7.27. The van der Waals surface area contributed by atoms with Crippen molar-refractivity contribution in [2.45, 2.75) is 57.9 Å². The molecule has 3 heteroatoms. The SMILES string of the molecule is CCCC[C@@H](NC(=O)CCN)C1CCC1. The molecule has 88 valence electrons. The van der Waals surface area contributed by atoms with Crippen LogP contribution in [0.5, 0.6) is 0 Å². The lowest BCUT2D eigenvalue weighted by Gasteiger charge is -2.34. The molecule has 1 fully saturated rings. The Labute approximate surface area is 92.8 Å². The zero-order valence-electron chi connectivity index (χ0n) is 9.80. The van der Waals surface area contributed by atoms with Crippen LogP contribution in [0.3, 0.4) is 0 Å². The van der Waals surface area contributed by atoms with Gasteiger partial charge in [-0.2, -0.15) is 0 Å². The van der Waals surface area contributed by atoms with E-state index in [4.69, 9.17) is 5.73 Å². The average Bonchev–Trinajstić information content (AvgIpc) is 2.11. The molecule has 0 aromatic heterocycles. The first kappa shape index (κ1) is 12.5. The second-order valence-electron chi connectivity index (χ2n) is 4.55. The van der Waals surface area contributed by atoms with Gasteiger partial charge in [-0.15, -0.1) is 0 Å². The molecule has 0 bridgehead atoms. The van der Waals surface area contributed by atoms with Gasteiger partial charge in [0.05, 0.1) is 0 Å². The van der Waals surface area contributed by atoms with E-state index in [1.165, 1.54) is 32.1 Å². The van der Waals surface area contributed by atoms with Crippen LogP contribution < -0.4 is 11.1 Å². The molecule has 3 N–H and O–H groups in total. The molecule has 0 aromatic carbocycles. The van der Waals surface area contributed by atoms with Crippen LogP contribution in [0.15, 0.2) is 0 Å². The maximum absolute atomic E-state index is 11.5. The number of carbonyl (C=O) groups is 1. The molecule has 1 rings (SSSR count). The van der Waals surface area contributed by atoms with Gasteiger partial charge in [0.2, 0.25) is 5.91 Å². The Balaban J connectivity index is 2.30. The van der Waals surface area contributed by atoms with E-state index in [1.54, 1.807) is 0 Å². The molecule has 1 atom stereocenters. The third-order valence-electron chi connectivity index (χ3n) is 3.31. The number of hydrogen-bond donors (Lipinski definition) is 2. The number of rotatable bonds is 7. The lowest BCUT2D eigenvalue weighted by atomic mass is 9.78. The summed E-state index contributed by atoms with van der Waals surface area (Å²) in [5.41, 5.74) is 5.37. The minimum atomic E-state index is 0.130. The van der Waals surface area contributed by atoms with E-state index in [1.807, 2.05) is 0 Å². The van der Waals surface area contributed by atoms with Gasteiger partial charge in [0.15, 0.2) is 0 Å². The highest BCUT2D eigenvalue weighted by Crippen LogP contribution is 2.31. The van der Waals surface area contributed by atoms with Gasteiger partial charge >= 0.3 is 0 Å². The second kappa shape index (κ2) is 6.83. The van der Waals surface area contributed by atoms with Gasteiger partial charge in [-0.05, 0) is 25.2 Å². The molecule has 0 aliphatic heterocycles. The van der Waals surface area contributed by atoms with Gasteiger partial charge in [-0.1, -0.05) is 26.2 Å². The molecule has 0 spiro atoms. The van der Waals surface area contributed by atoms with Gasteiger partial charge in [-0.25, -0.2) is 0 Å². The molecular weight excluding hydrogens is 188 g/mol. The van der Waals surface area contributed by atoms with Crippen LogP contribution in [0.2, 0.25) is 0 Å². The highest BCUT2D eigenvalue weighted by Gasteiger charge is 2.27. The van der Waals surface area contributed by atoms with Crippen LogP contribution in [0.25, 0.3) is 0 Å². The van der Waals surface area contributed by atoms with Gasteiger partial charge in [-0.3, -0.25) is 4.79 Å². The predicted octanol–water partition coefficient (Wildman–Crippen LogP) is 1.81. The molecule has 1 aliphatic carbocycles. The molecule has 1 aliphatic rings. The summed E-state index contributed by atoms with van der Waals surface area (Å²) >= 11 is 0. The van der Waals surface area contributed by atoms with Crippen LogP contribution in [0, 0.1) is 5.92 Å². The first-order valence-electron chi connectivity index (χ1n) is 6.27. The fourth-order valence-corrected chi connectivity index (χ4v) is 2.10. The van der Waals surface area contributed by atoms with Gasteiger partial charge in [0, 0.05) is 19.0 Å². The van der Waals surface area contributed by atoms with E-state index in [0.717, 1.165) is 12.3 Å². The Hall–Kier alpha value is -0.570. The Kier molecular flexibility index (Phi) is 5.69. The monoisotopic (exact) mass is 212 g/mol. The van der Waals surface area contributed by atoms with E-state index in [-0.39, 0.29) is 5.91 Å². The molecule has 0 heterocycles. The summed E-state index contributed by atoms with van der Waals surface area (Å²) in [7, 11) is 0. The minimum Gasteiger partial charge on any atom is -0.353 e. The second-order valence-corrected chi connectivity index (χ2v) is 4.55. The van der Waals surface area contributed by atoms with Gasteiger partial charge < -0.3 is 11.1 Å². The number of amides is 1. The maximum Gasteiger partial charge on any atom is 0.221 e. The highest BCUT2D eigenvalue weighted by atomic mass is 16.1. The topological polar surface area (TPSA) is 55.1 Å². The molecule has 1 saturated carbocycles.